The van der Waals surface area contributed by atoms with Crippen LogP contribution in [0.5, 0.6) is 0 Å². The highest BCUT2D eigenvalue weighted by Crippen LogP contribution is 2.42. The third kappa shape index (κ3) is 3.06. The molecule has 2 N–H and O–H groups in total. The third-order valence-corrected chi connectivity index (χ3v) is 6.52. The van der Waals surface area contributed by atoms with Crippen molar-refractivity contribution in [3.63, 3.8) is 0 Å². The molecule has 0 bridgehead atoms. The van der Waals surface area contributed by atoms with Gasteiger partial charge >= 0.3 is 0 Å². The molecule has 0 radical (unpaired) electrons. The summed E-state index contributed by atoms with van der Waals surface area (Å²) >= 11 is 0. The van der Waals surface area contributed by atoms with E-state index in [9.17, 15) is 0 Å². The Hall–Kier alpha value is -0.0800. The van der Waals surface area contributed by atoms with E-state index in [4.69, 9.17) is 5.73 Å². The Bertz CT molecular complexity index is 315. The number of fused-ring (bicyclic) bond motifs is 1. The molecule has 2 aliphatic carbocycles. The summed E-state index contributed by atoms with van der Waals surface area (Å²) in [7, 11) is 0. The molecule has 3 fully saturated rings. The van der Waals surface area contributed by atoms with Crippen LogP contribution in [0.25, 0.3) is 0 Å². The van der Waals surface area contributed by atoms with Gasteiger partial charge in [-0.1, -0.05) is 32.6 Å². The molecule has 2 nitrogen and oxygen atoms in total. The summed E-state index contributed by atoms with van der Waals surface area (Å²) in [5, 5.41) is 0. The summed E-state index contributed by atoms with van der Waals surface area (Å²) in [5.74, 6) is 1.90. The minimum atomic E-state index is 0.441. The van der Waals surface area contributed by atoms with Crippen molar-refractivity contribution in [1.29, 1.82) is 0 Å². The van der Waals surface area contributed by atoms with Gasteiger partial charge in [0.05, 0.1) is 0 Å². The normalized spacial score (nSPS) is 43.2. The largest absolute Gasteiger partial charge is 0.330 e. The zero-order valence-electron chi connectivity index (χ0n) is 13.4. The van der Waals surface area contributed by atoms with Crippen molar-refractivity contribution in [3.8, 4) is 0 Å². The fraction of sp³-hybridized carbons (Fsp3) is 1.00. The predicted octanol–water partition coefficient (Wildman–Crippen LogP) is 3.80. The second kappa shape index (κ2) is 6.36. The summed E-state index contributed by atoms with van der Waals surface area (Å²) in [5.41, 5.74) is 6.70. The molecule has 116 valence electrons. The van der Waals surface area contributed by atoms with Crippen LogP contribution in [0.3, 0.4) is 0 Å². The maximum absolute atomic E-state index is 6.26. The number of nitrogens with two attached hydrogens (primary N) is 1. The smallest absolute Gasteiger partial charge is 0.0124 e. The number of hydrogen-bond acceptors (Lipinski definition) is 2. The molecule has 20 heavy (non-hydrogen) atoms. The van der Waals surface area contributed by atoms with Crippen LogP contribution in [0.15, 0.2) is 0 Å². The standard InChI is InChI=1S/C18H34N2/c1-15-6-4-10-18(12-15,13-19)14-20-11-5-8-16-7-2-3-9-17(16)20/h15-17H,2-14,19H2,1H3. The Morgan fingerprint density at radius 2 is 1.85 bits per heavy atom. The molecule has 1 heterocycles. The van der Waals surface area contributed by atoms with Gasteiger partial charge in [-0.3, -0.25) is 4.90 Å². The van der Waals surface area contributed by atoms with E-state index in [1.54, 1.807) is 0 Å². The highest BCUT2D eigenvalue weighted by molar-refractivity contribution is 4.94. The minimum Gasteiger partial charge on any atom is -0.330 e. The second-order valence-corrected chi connectivity index (χ2v) is 8.13. The molecule has 2 saturated carbocycles. The SMILES string of the molecule is CC1CCCC(CN)(CN2CCCC3CCCCC32)C1. The molecule has 0 aromatic rings. The highest BCUT2D eigenvalue weighted by Gasteiger charge is 2.40. The molecule has 0 aromatic carbocycles. The van der Waals surface area contributed by atoms with Gasteiger partial charge in [0.2, 0.25) is 0 Å². The lowest BCUT2D eigenvalue weighted by Crippen LogP contribution is -2.53. The van der Waals surface area contributed by atoms with Gasteiger partial charge in [-0.25, -0.2) is 0 Å². The summed E-state index contributed by atoms with van der Waals surface area (Å²) < 4.78 is 0. The van der Waals surface area contributed by atoms with Gasteiger partial charge in [0.1, 0.15) is 0 Å². The Balaban J connectivity index is 1.67. The van der Waals surface area contributed by atoms with Gasteiger partial charge in [0, 0.05) is 12.6 Å². The number of piperidine rings is 1. The minimum absolute atomic E-state index is 0.441. The summed E-state index contributed by atoms with van der Waals surface area (Å²) in [6.07, 6.45) is 14.4. The van der Waals surface area contributed by atoms with Crippen LogP contribution in [0.2, 0.25) is 0 Å². The molecule has 3 rings (SSSR count). The average Bonchev–Trinajstić information content (AvgIpc) is 2.48. The highest BCUT2D eigenvalue weighted by atomic mass is 15.2. The lowest BCUT2D eigenvalue weighted by Gasteiger charge is -2.49. The number of rotatable bonds is 3. The molecule has 4 atom stereocenters. The Kier molecular flexibility index (Phi) is 4.72. The van der Waals surface area contributed by atoms with Crippen LogP contribution < -0.4 is 5.73 Å². The van der Waals surface area contributed by atoms with Crippen LogP contribution in [-0.2, 0) is 0 Å². The first kappa shape index (κ1) is 14.8. The maximum atomic E-state index is 6.26. The summed E-state index contributed by atoms with van der Waals surface area (Å²) in [6, 6.07) is 0.901. The van der Waals surface area contributed by atoms with Crippen LogP contribution >= 0.6 is 0 Å². The Morgan fingerprint density at radius 1 is 1.05 bits per heavy atom. The molecule has 4 unspecified atom stereocenters. The topological polar surface area (TPSA) is 29.3 Å². The fourth-order valence-corrected chi connectivity index (χ4v) is 5.52. The van der Waals surface area contributed by atoms with E-state index in [1.807, 2.05) is 0 Å². The maximum Gasteiger partial charge on any atom is 0.0124 e. The molecule has 3 aliphatic rings. The van der Waals surface area contributed by atoms with Crippen molar-refractivity contribution < 1.29 is 0 Å². The zero-order valence-corrected chi connectivity index (χ0v) is 13.4. The first-order chi connectivity index (χ1) is 9.72. The average molecular weight is 278 g/mol. The van der Waals surface area contributed by atoms with Gasteiger partial charge in [0.25, 0.3) is 0 Å². The Morgan fingerprint density at radius 3 is 2.65 bits per heavy atom. The molecule has 1 saturated heterocycles. The van der Waals surface area contributed by atoms with Crippen LogP contribution in [-0.4, -0.2) is 30.6 Å². The van der Waals surface area contributed by atoms with Gasteiger partial charge in [-0.15, -0.1) is 0 Å². The lowest BCUT2D eigenvalue weighted by atomic mass is 9.68. The van der Waals surface area contributed by atoms with Crippen molar-refractivity contribution >= 4 is 0 Å². The quantitative estimate of drug-likeness (QED) is 0.851. The van der Waals surface area contributed by atoms with Crippen molar-refractivity contribution in [3.05, 3.63) is 0 Å². The molecule has 0 aromatic heterocycles. The summed E-state index contributed by atoms with van der Waals surface area (Å²) in [6.45, 7) is 5.99. The zero-order chi connectivity index (χ0) is 14.0. The Labute approximate surface area is 125 Å². The van der Waals surface area contributed by atoms with Gasteiger partial charge in [0.15, 0.2) is 0 Å². The van der Waals surface area contributed by atoms with Gasteiger partial charge < -0.3 is 5.73 Å². The van der Waals surface area contributed by atoms with E-state index in [-0.39, 0.29) is 0 Å². The predicted molar refractivity (Wildman–Crippen MR) is 85.7 cm³/mol. The van der Waals surface area contributed by atoms with Crippen LogP contribution in [0.4, 0.5) is 0 Å². The number of nitrogens with zero attached hydrogens (tertiary/aromatic N) is 1. The molecule has 1 aliphatic heterocycles. The van der Waals surface area contributed by atoms with E-state index in [0.29, 0.717) is 5.41 Å². The van der Waals surface area contributed by atoms with E-state index >= 15 is 0 Å². The van der Waals surface area contributed by atoms with Crippen molar-refractivity contribution in [2.75, 3.05) is 19.6 Å². The van der Waals surface area contributed by atoms with E-state index in [1.165, 1.54) is 77.3 Å². The van der Waals surface area contributed by atoms with Crippen molar-refractivity contribution in [2.24, 2.45) is 23.0 Å². The van der Waals surface area contributed by atoms with E-state index < -0.39 is 0 Å². The van der Waals surface area contributed by atoms with Gasteiger partial charge in [-0.05, 0) is 68.9 Å². The molecular formula is C18H34N2. The molecule has 0 amide bonds. The second-order valence-electron chi connectivity index (χ2n) is 8.13. The van der Waals surface area contributed by atoms with Crippen LogP contribution in [0.1, 0.15) is 71.1 Å². The van der Waals surface area contributed by atoms with E-state index in [0.717, 1.165) is 24.4 Å². The molecular weight excluding hydrogens is 244 g/mol. The van der Waals surface area contributed by atoms with Gasteiger partial charge in [-0.2, -0.15) is 0 Å². The fourth-order valence-electron chi connectivity index (χ4n) is 5.52. The number of hydrogen-bond donors (Lipinski definition) is 1. The van der Waals surface area contributed by atoms with E-state index in [2.05, 4.69) is 11.8 Å². The van der Waals surface area contributed by atoms with Crippen molar-refractivity contribution in [1.82, 2.24) is 4.90 Å². The molecule has 0 spiro atoms. The first-order valence-corrected chi connectivity index (χ1v) is 9.17. The third-order valence-electron chi connectivity index (χ3n) is 6.52. The lowest BCUT2D eigenvalue weighted by molar-refractivity contribution is 0.00644. The number of likely N-dealkylation sites (tertiary alicyclic amines) is 1. The molecule has 2 heteroatoms. The first-order valence-electron chi connectivity index (χ1n) is 9.17. The van der Waals surface area contributed by atoms with Crippen LogP contribution in [0, 0.1) is 17.3 Å². The summed E-state index contributed by atoms with van der Waals surface area (Å²) in [4.78, 5) is 2.87. The van der Waals surface area contributed by atoms with Crippen molar-refractivity contribution in [2.45, 2.75) is 77.2 Å². The monoisotopic (exact) mass is 278 g/mol.